The zero-order chi connectivity index (χ0) is 17.2. The lowest BCUT2D eigenvalue weighted by molar-refractivity contribution is 0.102. The normalized spacial score (nSPS) is 11.5. The third-order valence-corrected chi connectivity index (χ3v) is 5.98. The number of amides is 1. The highest BCUT2D eigenvalue weighted by Crippen LogP contribution is 2.27. The molecule has 0 saturated carbocycles. The predicted octanol–water partition coefficient (Wildman–Crippen LogP) is 3.85. The van der Waals surface area contributed by atoms with E-state index in [1.807, 2.05) is 35.6 Å². The van der Waals surface area contributed by atoms with E-state index in [2.05, 4.69) is 5.32 Å². The molecule has 2 aromatic rings. The Morgan fingerprint density at radius 3 is 2.43 bits per heavy atom. The Hall–Kier alpha value is -1.55. The molecule has 0 fully saturated rings. The molecule has 0 radical (unpaired) electrons. The first-order valence-corrected chi connectivity index (χ1v) is 9.05. The first-order valence-electron chi connectivity index (χ1n) is 6.42. The van der Waals surface area contributed by atoms with Gasteiger partial charge in [-0.05, 0) is 53.3 Å². The van der Waals surface area contributed by atoms with Gasteiger partial charge >= 0.3 is 5.76 Å². The number of rotatable bonds is 4. The molecule has 2 rings (SSSR count). The average Bonchev–Trinajstić information content (AvgIpc) is 2.50. The maximum absolute atomic E-state index is 12.8. The number of benzene rings is 2. The number of alkyl halides is 2. The molecule has 8 heteroatoms. The molecule has 0 aliphatic carbocycles. The molecule has 1 N–H and O–H groups in total. The maximum atomic E-state index is 12.8. The summed E-state index contributed by atoms with van der Waals surface area (Å²) in [7, 11) is -4.80. The second-order valence-electron chi connectivity index (χ2n) is 4.69. The molecule has 0 atom stereocenters. The van der Waals surface area contributed by atoms with Crippen LogP contribution in [0, 0.1) is 10.5 Å². The molecule has 1 amide bonds. The van der Waals surface area contributed by atoms with Crippen LogP contribution in [0.25, 0.3) is 0 Å². The number of aryl methyl sites for hydroxylation is 1. The van der Waals surface area contributed by atoms with Crippen molar-refractivity contribution in [2.45, 2.75) is 17.6 Å². The van der Waals surface area contributed by atoms with Gasteiger partial charge in [0.2, 0.25) is 9.84 Å². The van der Waals surface area contributed by atoms with Gasteiger partial charge in [-0.3, -0.25) is 4.79 Å². The molecule has 0 bridgehead atoms. The minimum atomic E-state index is -4.80. The van der Waals surface area contributed by atoms with E-state index in [-0.39, 0.29) is 5.69 Å². The standard InChI is InChI=1S/C15H12F2INO3S/c1-9-5-4-6-10(13(9)18)14(20)19-11-7-2-3-8-12(11)23(21,22)15(16)17/h2-8,15H,1H3,(H,19,20). The van der Waals surface area contributed by atoms with Gasteiger partial charge in [0, 0.05) is 3.57 Å². The minimum absolute atomic E-state index is 0.171. The summed E-state index contributed by atoms with van der Waals surface area (Å²) in [5.41, 5.74) is 1.05. The van der Waals surface area contributed by atoms with Crippen molar-refractivity contribution < 1.29 is 22.0 Å². The Kier molecular flexibility index (Phi) is 5.35. The highest BCUT2D eigenvalue weighted by Gasteiger charge is 2.29. The molecule has 4 nitrogen and oxygen atoms in total. The second kappa shape index (κ2) is 6.91. The summed E-state index contributed by atoms with van der Waals surface area (Å²) in [5, 5.41) is 2.40. The van der Waals surface area contributed by atoms with E-state index in [4.69, 9.17) is 0 Å². The molecule has 2 aromatic carbocycles. The summed E-state index contributed by atoms with van der Waals surface area (Å²) in [6.45, 7) is 1.83. The number of carbonyl (C=O) groups excluding carboxylic acids is 1. The first kappa shape index (κ1) is 17.8. The van der Waals surface area contributed by atoms with Gasteiger partial charge in [0.25, 0.3) is 5.91 Å². The van der Waals surface area contributed by atoms with Gasteiger partial charge in [0.1, 0.15) is 0 Å². The maximum Gasteiger partial charge on any atom is 0.341 e. The molecule has 0 aliphatic heterocycles. The molecular formula is C15H12F2INO3S. The summed E-state index contributed by atoms with van der Waals surface area (Å²) in [5.74, 6) is -4.12. The SMILES string of the molecule is Cc1cccc(C(=O)Nc2ccccc2S(=O)(=O)C(F)F)c1I. The van der Waals surface area contributed by atoms with Crippen molar-refractivity contribution in [2.75, 3.05) is 5.32 Å². The van der Waals surface area contributed by atoms with Crippen molar-refractivity contribution in [3.8, 4) is 0 Å². The van der Waals surface area contributed by atoms with Crippen LogP contribution in [-0.2, 0) is 9.84 Å². The molecule has 0 heterocycles. The van der Waals surface area contributed by atoms with Gasteiger partial charge < -0.3 is 5.32 Å². The van der Waals surface area contributed by atoms with Crippen LogP contribution in [0.2, 0.25) is 0 Å². The largest absolute Gasteiger partial charge is 0.341 e. The Labute approximate surface area is 146 Å². The lowest BCUT2D eigenvalue weighted by atomic mass is 10.1. The van der Waals surface area contributed by atoms with E-state index in [0.29, 0.717) is 9.13 Å². The van der Waals surface area contributed by atoms with Crippen molar-refractivity contribution in [1.29, 1.82) is 0 Å². The quantitative estimate of drug-likeness (QED) is 0.719. The topological polar surface area (TPSA) is 63.2 Å². The van der Waals surface area contributed by atoms with Crippen molar-refractivity contribution in [3.05, 3.63) is 57.2 Å². The summed E-state index contributed by atoms with van der Waals surface area (Å²) >= 11 is 2.00. The smallest absolute Gasteiger partial charge is 0.321 e. The second-order valence-corrected chi connectivity index (χ2v) is 7.66. The first-order chi connectivity index (χ1) is 10.7. The Morgan fingerprint density at radius 2 is 1.78 bits per heavy atom. The average molecular weight is 451 g/mol. The molecule has 0 spiro atoms. The Balaban J connectivity index is 2.42. The van der Waals surface area contributed by atoms with Crippen molar-refractivity contribution in [3.63, 3.8) is 0 Å². The minimum Gasteiger partial charge on any atom is -0.321 e. The molecule has 122 valence electrons. The van der Waals surface area contributed by atoms with Crippen LogP contribution in [0.4, 0.5) is 14.5 Å². The lowest BCUT2D eigenvalue weighted by Crippen LogP contribution is -2.18. The number of hydrogen-bond donors (Lipinski definition) is 1. The van der Waals surface area contributed by atoms with Crippen LogP contribution in [0.5, 0.6) is 0 Å². The molecule has 0 aliphatic rings. The summed E-state index contributed by atoms with van der Waals surface area (Å²) < 4.78 is 49.6. The van der Waals surface area contributed by atoms with Crippen LogP contribution in [-0.4, -0.2) is 20.1 Å². The monoisotopic (exact) mass is 451 g/mol. The number of sulfone groups is 1. The number of anilines is 1. The van der Waals surface area contributed by atoms with Crippen LogP contribution >= 0.6 is 22.6 Å². The Bertz CT molecular complexity index is 854. The van der Waals surface area contributed by atoms with E-state index in [1.165, 1.54) is 18.2 Å². The van der Waals surface area contributed by atoms with Crippen molar-refractivity contribution in [2.24, 2.45) is 0 Å². The number of halogens is 3. The highest BCUT2D eigenvalue weighted by atomic mass is 127. The van der Waals surface area contributed by atoms with Gasteiger partial charge in [-0.2, -0.15) is 8.78 Å². The highest BCUT2D eigenvalue weighted by molar-refractivity contribution is 14.1. The van der Waals surface area contributed by atoms with Gasteiger partial charge in [0.05, 0.1) is 16.1 Å². The van der Waals surface area contributed by atoms with E-state index in [9.17, 15) is 22.0 Å². The zero-order valence-corrected chi connectivity index (χ0v) is 14.9. The zero-order valence-electron chi connectivity index (χ0n) is 11.9. The van der Waals surface area contributed by atoms with Crippen LogP contribution in [0.3, 0.4) is 0 Å². The van der Waals surface area contributed by atoms with Gasteiger partial charge in [-0.1, -0.05) is 24.3 Å². The van der Waals surface area contributed by atoms with Gasteiger partial charge in [0.15, 0.2) is 0 Å². The fraction of sp³-hybridized carbons (Fsp3) is 0.133. The van der Waals surface area contributed by atoms with E-state index in [0.717, 1.165) is 11.6 Å². The van der Waals surface area contributed by atoms with E-state index >= 15 is 0 Å². The fourth-order valence-electron chi connectivity index (χ4n) is 1.93. The third kappa shape index (κ3) is 3.69. The predicted molar refractivity (Wildman–Crippen MR) is 91.5 cm³/mol. The van der Waals surface area contributed by atoms with Crippen LogP contribution in [0.15, 0.2) is 47.4 Å². The fourth-order valence-corrected chi connectivity index (χ4v) is 3.42. The van der Waals surface area contributed by atoms with Crippen LogP contribution in [0.1, 0.15) is 15.9 Å². The number of carbonyl (C=O) groups is 1. The van der Waals surface area contributed by atoms with Crippen molar-refractivity contribution in [1.82, 2.24) is 0 Å². The summed E-state index contributed by atoms with van der Waals surface area (Å²) in [4.78, 5) is 11.7. The van der Waals surface area contributed by atoms with E-state index < -0.39 is 26.4 Å². The molecular weight excluding hydrogens is 439 g/mol. The number of nitrogens with one attached hydrogen (secondary N) is 1. The molecule has 0 unspecified atom stereocenters. The molecule has 0 saturated heterocycles. The van der Waals surface area contributed by atoms with E-state index in [1.54, 1.807) is 12.1 Å². The van der Waals surface area contributed by atoms with Crippen molar-refractivity contribution >= 4 is 44.0 Å². The lowest BCUT2D eigenvalue weighted by Gasteiger charge is -2.12. The van der Waals surface area contributed by atoms with Gasteiger partial charge in [-0.25, -0.2) is 8.42 Å². The van der Waals surface area contributed by atoms with Crippen LogP contribution < -0.4 is 5.32 Å². The summed E-state index contributed by atoms with van der Waals surface area (Å²) in [6.07, 6.45) is 0. The third-order valence-electron chi connectivity index (χ3n) is 3.11. The summed E-state index contributed by atoms with van der Waals surface area (Å²) in [6, 6.07) is 10.2. The molecule has 23 heavy (non-hydrogen) atoms. The van der Waals surface area contributed by atoms with Gasteiger partial charge in [-0.15, -0.1) is 0 Å². The Morgan fingerprint density at radius 1 is 1.13 bits per heavy atom. The molecule has 0 aromatic heterocycles. The number of para-hydroxylation sites is 1. The number of hydrogen-bond acceptors (Lipinski definition) is 3.